The van der Waals surface area contributed by atoms with E-state index >= 15 is 0 Å². The molecular formula is C10H7BrIN3O2S. The fourth-order valence-electron chi connectivity index (χ4n) is 1.24. The first-order valence-corrected chi connectivity index (χ1v) is 7.64. The van der Waals surface area contributed by atoms with Crippen LogP contribution in [0.15, 0.2) is 27.8 Å². The zero-order valence-corrected chi connectivity index (χ0v) is 13.4. The number of thioether (sulfide) groups is 1. The Hall–Kier alpha value is -0.610. The molecule has 8 heteroatoms. The summed E-state index contributed by atoms with van der Waals surface area (Å²) in [6, 6.07) is 5.85. The third-order valence-electron chi connectivity index (χ3n) is 1.97. The summed E-state index contributed by atoms with van der Waals surface area (Å²) in [6.45, 7) is 0. The Kier molecular flexibility index (Phi) is 4.62. The minimum Gasteiger partial charge on any atom is -0.481 e. The fourth-order valence-corrected chi connectivity index (χ4v) is 2.71. The molecule has 0 aliphatic heterocycles. The van der Waals surface area contributed by atoms with Crippen molar-refractivity contribution in [2.75, 3.05) is 5.75 Å². The van der Waals surface area contributed by atoms with Crippen LogP contribution in [-0.2, 0) is 4.79 Å². The molecule has 94 valence electrons. The van der Waals surface area contributed by atoms with Crippen molar-refractivity contribution in [2.24, 2.45) is 0 Å². The minimum atomic E-state index is -0.886. The Morgan fingerprint density at radius 3 is 3.06 bits per heavy atom. The molecule has 0 aliphatic rings. The Labute approximate surface area is 129 Å². The summed E-state index contributed by atoms with van der Waals surface area (Å²) in [5, 5.41) is 15.8. The van der Waals surface area contributed by atoms with E-state index in [-0.39, 0.29) is 5.75 Å². The highest BCUT2D eigenvalue weighted by Gasteiger charge is 2.10. The zero-order chi connectivity index (χ0) is 13.1. The van der Waals surface area contributed by atoms with Crippen molar-refractivity contribution in [1.82, 2.24) is 15.2 Å². The van der Waals surface area contributed by atoms with Gasteiger partial charge in [0.2, 0.25) is 5.16 Å². The predicted molar refractivity (Wildman–Crippen MR) is 80.6 cm³/mol. The van der Waals surface area contributed by atoms with E-state index in [1.807, 2.05) is 18.2 Å². The van der Waals surface area contributed by atoms with Crippen molar-refractivity contribution >= 4 is 56.3 Å². The van der Waals surface area contributed by atoms with E-state index in [0.717, 1.165) is 25.4 Å². The minimum absolute atomic E-state index is 0.0487. The molecule has 0 saturated carbocycles. The van der Waals surface area contributed by atoms with Crippen LogP contribution < -0.4 is 0 Å². The van der Waals surface area contributed by atoms with Crippen molar-refractivity contribution in [3.05, 3.63) is 26.2 Å². The number of aliphatic carboxylic acids is 1. The molecule has 1 heterocycles. The van der Waals surface area contributed by atoms with Gasteiger partial charge in [-0.3, -0.25) is 9.89 Å². The molecule has 5 nitrogen and oxygen atoms in total. The number of rotatable bonds is 4. The molecule has 0 unspecified atom stereocenters. The van der Waals surface area contributed by atoms with E-state index in [9.17, 15) is 4.79 Å². The van der Waals surface area contributed by atoms with Crippen molar-refractivity contribution in [3.8, 4) is 11.4 Å². The lowest BCUT2D eigenvalue weighted by atomic mass is 10.2. The van der Waals surface area contributed by atoms with E-state index in [1.54, 1.807) is 0 Å². The maximum atomic E-state index is 10.5. The van der Waals surface area contributed by atoms with E-state index in [4.69, 9.17) is 5.11 Å². The Morgan fingerprint density at radius 1 is 1.56 bits per heavy atom. The number of carbonyl (C=O) groups is 1. The summed E-state index contributed by atoms with van der Waals surface area (Å²) < 4.78 is 2.00. The van der Waals surface area contributed by atoms with Crippen LogP contribution in [-0.4, -0.2) is 32.0 Å². The molecule has 0 atom stereocenters. The van der Waals surface area contributed by atoms with Crippen LogP contribution in [0, 0.1) is 3.57 Å². The number of nitrogens with zero attached hydrogens (tertiary/aromatic N) is 2. The fraction of sp³-hybridized carbons (Fsp3) is 0.100. The van der Waals surface area contributed by atoms with Gasteiger partial charge < -0.3 is 5.11 Å². The van der Waals surface area contributed by atoms with Crippen LogP contribution in [0.3, 0.4) is 0 Å². The maximum Gasteiger partial charge on any atom is 0.313 e. The quantitative estimate of drug-likeness (QED) is 0.565. The van der Waals surface area contributed by atoms with Gasteiger partial charge in [0, 0.05) is 13.6 Å². The van der Waals surface area contributed by atoms with Gasteiger partial charge in [-0.05, 0) is 40.8 Å². The van der Waals surface area contributed by atoms with Crippen molar-refractivity contribution in [3.63, 3.8) is 0 Å². The molecule has 0 fully saturated rings. The Balaban J connectivity index is 2.23. The normalized spacial score (nSPS) is 10.6. The number of hydrogen-bond donors (Lipinski definition) is 2. The molecule has 18 heavy (non-hydrogen) atoms. The third-order valence-corrected chi connectivity index (χ3v) is 4.24. The SMILES string of the molecule is O=C(O)CSc1n[nH]c(-c2cc(Br)ccc2I)n1. The van der Waals surface area contributed by atoms with Crippen molar-refractivity contribution in [2.45, 2.75) is 5.16 Å². The number of hydrogen-bond acceptors (Lipinski definition) is 4. The van der Waals surface area contributed by atoms with Gasteiger partial charge in [0.25, 0.3) is 0 Å². The second-order valence-corrected chi connectivity index (χ2v) is 6.29. The van der Waals surface area contributed by atoms with Crippen LogP contribution in [0.5, 0.6) is 0 Å². The number of aromatic amines is 1. The molecule has 2 rings (SSSR count). The third kappa shape index (κ3) is 3.45. The molecule has 2 N–H and O–H groups in total. The number of H-pyrrole nitrogens is 1. The highest BCUT2D eigenvalue weighted by molar-refractivity contribution is 14.1. The highest BCUT2D eigenvalue weighted by Crippen LogP contribution is 2.27. The van der Waals surface area contributed by atoms with Crippen molar-refractivity contribution < 1.29 is 9.90 Å². The lowest BCUT2D eigenvalue weighted by molar-refractivity contribution is -0.133. The number of carboxylic acid groups (broad SMARTS) is 1. The van der Waals surface area contributed by atoms with Crippen LogP contribution in [0.25, 0.3) is 11.4 Å². The molecule has 0 bridgehead atoms. The van der Waals surface area contributed by atoms with E-state index in [1.165, 1.54) is 0 Å². The maximum absolute atomic E-state index is 10.5. The van der Waals surface area contributed by atoms with Gasteiger partial charge in [-0.1, -0.05) is 27.7 Å². The first kappa shape index (κ1) is 13.8. The molecule has 2 aromatic rings. The second kappa shape index (κ2) is 6.02. The van der Waals surface area contributed by atoms with Crippen LogP contribution in [0.1, 0.15) is 0 Å². The summed E-state index contributed by atoms with van der Waals surface area (Å²) in [7, 11) is 0. The molecule has 1 aromatic carbocycles. The summed E-state index contributed by atoms with van der Waals surface area (Å²) in [6.07, 6.45) is 0. The first-order valence-electron chi connectivity index (χ1n) is 4.78. The largest absolute Gasteiger partial charge is 0.481 e. The summed E-state index contributed by atoms with van der Waals surface area (Å²) in [4.78, 5) is 14.7. The van der Waals surface area contributed by atoms with E-state index in [2.05, 4.69) is 53.7 Å². The standard InChI is InChI=1S/C10H7BrIN3O2S/c11-5-1-2-7(12)6(3-5)9-13-10(15-14-9)18-4-8(16)17/h1-3H,4H2,(H,16,17)(H,13,14,15). The molecule has 0 spiro atoms. The van der Waals surface area contributed by atoms with Crippen molar-refractivity contribution in [1.29, 1.82) is 0 Å². The Bertz CT molecular complexity index is 590. The van der Waals surface area contributed by atoms with Gasteiger partial charge in [0.1, 0.15) is 0 Å². The molecule has 0 aliphatic carbocycles. The smallest absolute Gasteiger partial charge is 0.313 e. The number of aromatic nitrogens is 3. The summed E-state index contributed by atoms with van der Waals surface area (Å²) in [5.74, 6) is -0.302. The van der Waals surface area contributed by atoms with Crippen LogP contribution in [0.4, 0.5) is 0 Å². The number of carboxylic acids is 1. The van der Waals surface area contributed by atoms with Gasteiger partial charge >= 0.3 is 5.97 Å². The molecule has 0 amide bonds. The van der Waals surface area contributed by atoms with E-state index < -0.39 is 5.97 Å². The Morgan fingerprint density at radius 2 is 2.33 bits per heavy atom. The van der Waals surface area contributed by atoms with Gasteiger partial charge in [0.05, 0.1) is 5.75 Å². The summed E-state index contributed by atoms with van der Waals surface area (Å²) in [5.41, 5.74) is 0.930. The van der Waals surface area contributed by atoms with Crippen LogP contribution in [0.2, 0.25) is 0 Å². The van der Waals surface area contributed by atoms with E-state index in [0.29, 0.717) is 11.0 Å². The van der Waals surface area contributed by atoms with Gasteiger partial charge in [-0.15, -0.1) is 5.10 Å². The number of halogens is 2. The lowest BCUT2D eigenvalue weighted by Gasteiger charge is -2.00. The lowest BCUT2D eigenvalue weighted by Crippen LogP contribution is -1.97. The molecule has 0 radical (unpaired) electrons. The average molecular weight is 440 g/mol. The number of benzene rings is 1. The van der Waals surface area contributed by atoms with Gasteiger partial charge in [0.15, 0.2) is 5.82 Å². The summed E-state index contributed by atoms with van der Waals surface area (Å²) >= 11 is 6.70. The van der Waals surface area contributed by atoms with Gasteiger partial charge in [-0.2, -0.15) is 0 Å². The predicted octanol–water partition coefficient (Wildman–Crippen LogP) is 3.02. The highest BCUT2D eigenvalue weighted by atomic mass is 127. The van der Waals surface area contributed by atoms with Crippen LogP contribution >= 0.6 is 50.3 Å². The number of nitrogens with one attached hydrogen (secondary N) is 1. The van der Waals surface area contributed by atoms with Gasteiger partial charge in [-0.25, -0.2) is 4.98 Å². The topological polar surface area (TPSA) is 78.9 Å². The molecule has 0 saturated heterocycles. The second-order valence-electron chi connectivity index (χ2n) is 3.27. The monoisotopic (exact) mass is 439 g/mol. The molecular weight excluding hydrogens is 433 g/mol. The zero-order valence-electron chi connectivity index (χ0n) is 8.85. The first-order chi connectivity index (χ1) is 8.56. The molecule has 1 aromatic heterocycles. The average Bonchev–Trinajstić information content (AvgIpc) is 2.78.